The Hall–Kier alpha value is -1.53. The third-order valence-electron chi connectivity index (χ3n) is 1.82. The van der Waals surface area contributed by atoms with Gasteiger partial charge in [0.2, 0.25) is 0 Å². The number of aromatic amines is 1. The Bertz CT molecular complexity index is 358. The molecule has 0 aliphatic heterocycles. The highest BCUT2D eigenvalue weighted by Gasteiger charge is 2.32. The maximum Gasteiger partial charge on any atom is 0.406 e. The predicted octanol–water partition coefficient (Wildman–Crippen LogP) is 1.35. The van der Waals surface area contributed by atoms with Crippen molar-refractivity contribution in [2.45, 2.75) is 13.1 Å². The standard InChI is InChI=1S/C8H10F3N3O/c1-5-6(3-12-13-5)7(15)14(2)4-8(9,10)11/h3H,4H2,1-2H3,(H,12,13). The van der Waals surface area contributed by atoms with Crippen molar-refractivity contribution in [2.24, 2.45) is 0 Å². The van der Waals surface area contributed by atoms with Crippen molar-refractivity contribution in [1.82, 2.24) is 15.1 Å². The summed E-state index contributed by atoms with van der Waals surface area (Å²) in [5.41, 5.74) is 0.607. The van der Waals surface area contributed by atoms with Gasteiger partial charge in [-0.25, -0.2) is 0 Å². The molecule has 0 bridgehead atoms. The van der Waals surface area contributed by atoms with Crippen LogP contribution in [0.5, 0.6) is 0 Å². The van der Waals surface area contributed by atoms with Crippen LogP contribution in [0, 0.1) is 6.92 Å². The molecule has 0 aliphatic carbocycles. The topological polar surface area (TPSA) is 49.0 Å². The Balaban J connectivity index is 2.74. The average Bonchev–Trinajstić information content (AvgIpc) is 2.47. The van der Waals surface area contributed by atoms with Gasteiger partial charge in [-0.2, -0.15) is 18.3 Å². The second-order valence-electron chi connectivity index (χ2n) is 3.19. The third kappa shape index (κ3) is 2.97. The molecule has 0 saturated carbocycles. The molecule has 0 fully saturated rings. The van der Waals surface area contributed by atoms with Crippen molar-refractivity contribution >= 4 is 5.91 Å². The molecule has 0 spiro atoms. The summed E-state index contributed by atoms with van der Waals surface area (Å²) in [5, 5.41) is 6.06. The van der Waals surface area contributed by atoms with Crippen LogP contribution in [-0.4, -0.2) is 40.8 Å². The van der Waals surface area contributed by atoms with Gasteiger partial charge in [0.15, 0.2) is 0 Å². The van der Waals surface area contributed by atoms with Crippen LogP contribution in [0.3, 0.4) is 0 Å². The molecule has 0 atom stereocenters. The summed E-state index contributed by atoms with van der Waals surface area (Å²) in [6.07, 6.45) is -3.17. The molecule has 0 unspecified atom stereocenters. The van der Waals surface area contributed by atoms with Gasteiger partial charge < -0.3 is 4.90 Å². The Morgan fingerprint density at radius 1 is 1.60 bits per heavy atom. The summed E-state index contributed by atoms with van der Waals surface area (Å²) in [6.45, 7) is 0.304. The van der Waals surface area contributed by atoms with Crippen LogP contribution in [0.4, 0.5) is 13.2 Å². The van der Waals surface area contributed by atoms with Gasteiger partial charge in [0, 0.05) is 12.7 Å². The smallest absolute Gasteiger partial charge is 0.332 e. The lowest BCUT2D eigenvalue weighted by molar-refractivity contribution is -0.138. The molecule has 1 amide bonds. The largest absolute Gasteiger partial charge is 0.406 e. The van der Waals surface area contributed by atoms with Crippen LogP contribution < -0.4 is 0 Å². The number of halogens is 3. The summed E-state index contributed by atoms with van der Waals surface area (Å²) in [6, 6.07) is 0. The minimum absolute atomic E-state index is 0.154. The second kappa shape index (κ2) is 3.92. The van der Waals surface area contributed by atoms with Crippen LogP contribution in [0.1, 0.15) is 16.1 Å². The molecule has 4 nitrogen and oxygen atoms in total. The predicted molar refractivity (Wildman–Crippen MR) is 46.3 cm³/mol. The quantitative estimate of drug-likeness (QED) is 0.819. The number of aryl methyl sites for hydroxylation is 1. The molecule has 0 aromatic carbocycles. The lowest BCUT2D eigenvalue weighted by atomic mass is 10.2. The van der Waals surface area contributed by atoms with E-state index in [1.165, 1.54) is 6.20 Å². The fourth-order valence-electron chi connectivity index (χ4n) is 1.11. The first-order valence-corrected chi connectivity index (χ1v) is 4.13. The van der Waals surface area contributed by atoms with Gasteiger partial charge in [-0.3, -0.25) is 9.89 Å². The second-order valence-corrected chi connectivity index (χ2v) is 3.19. The Kier molecular flexibility index (Phi) is 3.01. The van der Waals surface area contributed by atoms with E-state index in [9.17, 15) is 18.0 Å². The summed E-state index contributed by atoms with van der Waals surface area (Å²) < 4.78 is 36.0. The van der Waals surface area contributed by atoms with Crippen LogP contribution in [0.15, 0.2) is 6.20 Å². The van der Waals surface area contributed by atoms with Gasteiger partial charge in [-0.05, 0) is 6.92 Å². The zero-order valence-corrected chi connectivity index (χ0v) is 8.22. The van der Waals surface area contributed by atoms with Gasteiger partial charge >= 0.3 is 6.18 Å². The molecule has 1 aromatic heterocycles. The number of carbonyl (C=O) groups excluding carboxylic acids is 1. The number of nitrogens with one attached hydrogen (secondary N) is 1. The molecule has 7 heteroatoms. The number of carbonyl (C=O) groups is 1. The number of hydrogen-bond acceptors (Lipinski definition) is 2. The first-order chi connectivity index (χ1) is 6.81. The molecule has 1 rings (SSSR count). The molecule has 0 aliphatic rings. The fraction of sp³-hybridized carbons (Fsp3) is 0.500. The number of rotatable bonds is 2. The lowest BCUT2D eigenvalue weighted by Gasteiger charge is -2.18. The van der Waals surface area contributed by atoms with Crippen molar-refractivity contribution < 1.29 is 18.0 Å². The van der Waals surface area contributed by atoms with Crippen LogP contribution in [0.25, 0.3) is 0 Å². The van der Waals surface area contributed by atoms with Crippen LogP contribution in [-0.2, 0) is 0 Å². The summed E-state index contributed by atoms with van der Waals surface area (Å²) in [7, 11) is 1.10. The Labute approximate surface area is 84.1 Å². The van der Waals surface area contributed by atoms with Gasteiger partial charge in [0.05, 0.1) is 11.8 Å². The van der Waals surface area contributed by atoms with E-state index < -0.39 is 18.6 Å². The monoisotopic (exact) mass is 221 g/mol. The van der Waals surface area contributed by atoms with E-state index in [1.54, 1.807) is 6.92 Å². The molecule has 15 heavy (non-hydrogen) atoms. The van der Waals surface area contributed by atoms with Crippen molar-refractivity contribution in [3.05, 3.63) is 17.5 Å². The number of alkyl halides is 3. The zero-order chi connectivity index (χ0) is 11.6. The van der Waals surface area contributed by atoms with Gasteiger partial charge in [0.25, 0.3) is 5.91 Å². The van der Waals surface area contributed by atoms with E-state index in [2.05, 4.69) is 10.2 Å². The highest BCUT2D eigenvalue weighted by atomic mass is 19.4. The minimum atomic E-state index is -4.39. The first-order valence-electron chi connectivity index (χ1n) is 4.13. The number of amides is 1. The van der Waals surface area contributed by atoms with E-state index in [-0.39, 0.29) is 5.56 Å². The average molecular weight is 221 g/mol. The Morgan fingerprint density at radius 2 is 2.20 bits per heavy atom. The number of aromatic nitrogens is 2. The summed E-state index contributed by atoms with van der Waals surface area (Å²) in [5.74, 6) is -0.696. The van der Waals surface area contributed by atoms with Gasteiger partial charge in [-0.15, -0.1) is 0 Å². The maximum atomic E-state index is 12.0. The molecule has 1 N–H and O–H groups in total. The molecular formula is C8H10F3N3O. The SMILES string of the molecule is Cc1[nH]ncc1C(=O)N(C)CC(F)(F)F. The minimum Gasteiger partial charge on any atom is -0.332 e. The summed E-state index contributed by atoms with van der Waals surface area (Å²) in [4.78, 5) is 12.1. The number of nitrogens with zero attached hydrogens (tertiary/aromatic N) is 2. The molecule has 84 valence electrons. The van der Waals surface area contributed by atoms with Crippen molar-refractivity contribution in [3.63, 3.8) is 0 Å². The first kappa shape index (κ1) is 11.5. The lowest BCUT2D eigenvalue weighted by Crippen LogP contribution is -2.35. The normalized spacial score (nSPS) is 11.5. The van der Waals surface area contributed by atoms with Crippen molar-refractivity contribution in [2.75, 3.05) is 13.6 Å². The molecule has 1 heterocycles. The third-order valence-corrected chi connectivity index (χ3v) is 1.82. The van der Waals surface area contributed by atoms with Crippen LogP contribution >= 0.6 is 0 Å². The Morgan fingerprint density at radius 3 is 2.60 bits per heavy atom. The molecular weight excluding hydrogens is 211 g/mol. The van der Waals surface area contributed by atoms with E-state index in [0.29, 0.717) is 10.6 Å². The molecule has 0 saturated heterocycles. The van der Waals surface area contributed by atoms with E-state index in [0.717, 1.165) is 7.05 Å². The summed E-state index contributed by atoms with van der Waals surface area (Å²) >= 11 is 0. The maximum absolute atomic E-state index is 12.0. The highest BCUT2D eigenvalue weighted by Crippen LogP contribution is 2.17. The molecule has 1 aromatic rings. The zero-order valence-electron chi connectivity index (χ0n) is 8.22. The van der Waals surface area contributed by atoms with E-state index >= 15 is 0 Å². The van der Waals surface area contributed by atoms with Gasteiger partial charge in [0.1, 0.15) is 6.54 Å². The van der Waals surface area contributed by atoms with E-state index in [1.807, 2.05) is 0 Å². The fourth-order valence-corrected chi connectivity index (χ4v) is 1.11. The highest BCUT2D eigenvalue weighted by molar-refractivity contribution is 5.94. The van der Waals surface area contributed by atoms with E-state index in [4.69, 9.17) is 0 Å². The molecule has 0 radical (unpaired) electrons. The number of hydrogen-bond donors (Lipinski definition) is 1. The van der Waals surface area contributed by atoms with Gasteiger partial charge in [-0.1, -0.05) is 0 Å². The van der Waals surface area contributed by atoms with Crippen molar-refractivity contribution in [3.8, 4) is 0 Å². The van der Waals surface area contributed by atoms with Crippen molar-refractivity contribution in [1.29, 1.82) is 0 Å². The number of H-pyrrole nitrogens is 1. The van der Waals surface area contributed by atoms with Crippen LogP contribution in [0.2, 0.25) is 0 Å².